The number of halogens is 1. The summed E-state index contributed by atoms with van der Waals surface area (Å²) in [7, 11) is 1.62. The number of morpholine rings is 1. The number of hydrogen-bond acceptors (Lipinski definition) is 8. The second-order valence-electron chi connectivity index (χ2n) is 4.24. The summed E-state index contributed by atoms with van der Waals surface area (Å²) >= 11 is 5.90. The number of anilines is 1. The van der Waals surface area contributed by atoms with Crippen molar-refractivity contribution in [2.75, 3.05) is 64.7 Å². The van der Waals surface area contributed by atoms with Crippen LogP contribution in [0.25, 0.3) is 0 Å². The maximum absolute atomic E-state index is 5.90. The van der Waals surface area contributed by atoms with Crippen LogP contribution >= 0.6 is 11.6 Å². The van der Waals surface area contributed by atoms with Gasteiger partial charge in [0.05, 0.1) is 33.0 Å². The van der Waals surface area contributed by atoms with Gasteiger partial charge in [-0.3, -0.25) is 0 Å². The van der Waals surface area contributed by atoms with Crippen LogP contribution in [0.1, 0.15) is 0 Å². The Balaban J connectivity index is 1.83. The van der Waals surface area contributed by atoms with Crippen LogP contribution in [0.15, 0.2) is 0 Å². The van der Waals surface area contributed by atoms with Crippen molar-refractivity contribution in [3.63, 3.8) is 0 Å². The highest BCUT2D eigenvalue weighted by Gasteiger charge is 2.16. The lowest BCUT2D eigenvalue weighted by Crippen LogP contribution is -2.37. The normalized spacial score (nSPS) is 15.2. The third-order valence-corrected chi connectivity index (χ3v) is 2.93. The van der Waals surface area contributed by atoms with Gasteiger partial charge in [0.15, 0.2) is 0 Å². The predicted octanol–water partition coefficient (Wildman–Crippen LogP) is 0.403. The van der Waals surface area contributed by atoms with E-state index in [1.165, 1.54) is 0 Å². The second-order valence-corrected chi connectivity index (χ2v) is 4.58. The van der Waals surface area contributed by atoms with Crippen LogP contribution < -0.4 is 9.64 Å². The molecule has 0 aliphatic carbocycles. The average molecular weight is 319 g/mol. The van der Waals surface area contributed by atoms with Crippen LogP contribution in [0.4, 0.5) is 5.95 Å². The van der Waals surface area contributed by atoms with Gasteiger partial charge in [0.2, 0.25) is 11.2 Å². The minimum Gasteiger partial charge on any atom is -0.461 e. The molecular formula is C12H19ClN4O4. The van der Waals surface area contributed by atoms with Gasteiger partial charge in [0.25, 0.3) is 0 Å². The molecule has 0 amide bonds. The smallest absolute Gasteiger partial charge is 0.322 e. The van der Waals surface area contributed by atoms with Crippen molar-refractivity contribution in [3.05, 3.63) is 5.28 Å². The van der Waals surface area contributed by atoms with Gasteiger partial charge >= 0.3 is 6.01 Å². The topological polar surface area (TPSA) is 78.8 Å². The van der Waals surface area contributed by atoms with E-state index < -0.39 is 0 Å². The third kappa shape index (κ3) is 5.58. The van der Waals surface area contributed by atoms with Gasteiger partial charge in [0, 0.05) is 20.2 Å². The van der Waals surface area contributed by atoms with Gasteiger partial charge in [-0.05, 0) is 11.6 Å². The highest BCUT2D eigenvalue weighted by Crippen LogP contribution is 2.16. The van der Waals surface area contributed by atoms with Crippen molar-refractivity contribution < 1.29 is 18.9 Å². The average Bonchev–Trinajstić information content (AvgIpc) is 2.51. The quantitative estimate of drug-likeness (QED) is 0.637. The Bertz CT molecular complexity index is 432. The monoisotopic (exact) mass is 318 g/mol. The Kier molecular flexibility index (Phi) is 6.87. The zero-order valence-electron chi connectivity index (χ0n) is 12.0. The first-order chi connectivity index (χ1) is 10.3. The van der Waals surface area contributed by atoms with Crippen molar-refractivity contribution in [2.45, 2.75) is 0 Å². The molecule has 0 N–H and O–H groups in total. The van der Waals surface area contributed by atoms with Gasteiger partial charge in [-0.25, -0.2) is 0 Å². The first-order valence-electron chi connectivity index (χ1n) is 6.73. The maximum Gasteiger partial charge on any atom is 0.322 e. The number of rotatable bonds is 8. The number of hydrogen-bond donors (Lipinski definition) is 0. The molecule has 1 saturated heterocycles. The van der Waals surface area contributed by atoms with Gasteiger partial charge < -0.3 is 23.8 Å². The molecule has 0 unspecified atom stereocenters. The Morgan fingerprint density at radius 3 is 2.62 bits per heavy atom. The van der Waals surface area contributed by atoms with Crippen molar-refractivity contribution in [3.8, 4) is 6.01 Å². The van der Waals surface area contributed by atoms with E-state index in [1.807, 2.05) is 4.90 Å². The lowest BCUT2D eigenvalue weighted by atomic mass is 10.4. The molecule has 1 aromatic rings. The Labute approximate surface area is 128 Å². The number of nitrogens with zero attached hydrogens (tertiary/aromatic N) is 4. The summed E-state index contributed by atoms with van der Waals surface area (Å²) in [6, 6.07) is 0.201. The Morgan fingerprint density at radius 1 is 1.10 bits per heavy atom. The summed E-state index contributed by atoms with van der Waals surface area (Å²) in [4.78, 5) is 14.3. The Hall–Kier alpha value is -1.22. The van der Waals surface area contributed by atoms with Gasteiger partial charge in [-0.15, -0.1) is 0 Å². The van der Waals surface area contributed by atoms with E-state index in [-0.39, 0.29) is 11.3 Å². The van der Waals surface area contributed by atoms with Crippen LogP contribution in [0.5, 0.6) is 6.01 Å². The number of methoxy groups -OCH3 is 1. The zero-order valence-corrected chi connectivity index (χ0v) is 12.7. The van der Waals surface area contributed by atoms with Crippen molar-refractivity contribution in [2.24, 2.45) is 0 Å². The molecule has 0 spiro atoms. The molecule has 1 fully saturated rings. The van der Waals surface area contributed by atoms with Crippen LogP contribution in [-0.2, 0) is 14.2 Å². The molecule has 0 bridgehead atoms. The minimum absolute atomic E-state index is 0.113. The highest BCUT2D eigenvalue weighted by molar-refractivity contribution is 6.28. The summed E-state index contributed by atoms with van der Waals surface area (Å²) < 4.78 is 20.9. The molecule has 0 aromatic carbocycles. The largest absolute Gasteiger partial charge is 0.461 e. The Morgan fingerprint density at radius 2 is 1.86 bits per heavy atom. The SMILES string of the molecule is COCCOCCOc1nc(Cl)nc(N2CCOCC2)n1. The van der Waals surface area contributed by atoms with E-state index in [4.69, 9.17) is 30.5 Å². The summed E-state index contributed by atoms with van der Waals surface area (Å²) in [6.45, 7) is 4.58. The van der Waals surface area contributed by atoms with E-state index >= 15 is 0 Å². The first-order valence-corrected chi connectivity index (χ1v) is 7.11. The molecule has 2 heterocycles. The van der Waals surface area contributed by atoms with Gasteiger partial charge in [-0.2, -0.15) is 15.0 Å². The summed E-state index contributed by atoms with van der Waals surface area (Å²) in [6.07, 6.45) is 0. The minimum atomic E-state index is 0.113. The fourth-order valence-corrected chi connectivity index (χ4v) is 1.88. The number of aromatic nitrogens is 3. The second kappa shape index (κ2) is 8.93. The van der Waals surface area contributed by atoms with Crippen molar-refractivity contribution >= 4 is 17.5 Å². The molecule has 2 rings (SSSR count). The van der Waals surface area contributed by atoms with Gasteiger partial charge in [-0.1, -0.05) is 0 Å². The van der Waals surface area contributed by atoms with Crippen molar-refractivity contribution in [1.82, 2.24) is 15.0 Å². The van der Waals surface area contributed by atoms with E-state index in [2.05, 4.69) is 15.0 Å². The fourth-order valence-electron chi connectivity index (χ4n) is 1.73. The summed E-state index contributed by atoms with van der Waals surface area (Å²) in [5.74, 6) is 0.508. The molecule has 1 aliphatic heterocycles. The molecule has 21 heavy (non-hydrogen) atoms. The summed E-state index contributed by atoms with van der Waals surface area (Å²) in [5, 5.41) is 0.113. The molecule has 1 aliphatic rings. The predicted molar refractivity (Wildman–Crippen MR) is 76.1 cm³/mol. The van der Waals surface area contributed by atoms with E-state index in [9.17, 15) is 0 Å². The fraction of sp³-hybridized carbons (Fsp3) is 0.750. The molecule has 8 nitrogen and oxygen atoms in total. The van der Waals surface area contributed by atoms with Gasteiger partial charge in [0.1, 0.15) is 6.61 Å². The molecule has 9 heteroatoms. The summed E-state index contributed by atoms with van der Waals surface area (Å²) in [5.41, 5.74) is 0. The van der Waals surface area contributed by atoms with Crippen LogP contribution in [0.2, 0.25) is 5.28 Å². The number of ether oxygens (including phenoxy) is 4. The molecule has 0 saturated carbocycles. The lowest BCUT2D eigenvalue weighted by molar-refractivity contribution is 0.0528. The molecule has 0 radical (unpaired) electrons. The van der Waals surface area contributed by atoms with E-state index in [0.29, 0.717) is 45.6 Å². The van der Waals surface area contributed by atoms with E-state index in [0.717, 1.165) is 13.1 Å². The maximum atomic E-state index is 5.90. The lowest BCUT2D eigenvalue weighted by Gasteiger charge is -2.26. The zero-order chi connectivity index (χ0) is 14.9. The van der Waals surface area contributed by atoms with E-state index in [1.54, 1.807) is 7.11 Å². The molecular weight excluding hydrogens is 300 g/mol. The molecule has 118 valence electrons. The van der Waals surface area contributed by atoms with Crippen LogP contribution in [-0.4, -0.2) is 74.8 Å². The molecule has 1 aromatic heterocycles. The van der Waals surface area contributed by atoms with Crippen molar-refractivity contribution in [1.29, 1.82) is 0 Å². The highest BCUT2D eigenvalue weighted by atomic mass is 35.5. The van der Waals surface area contributed by atoms with Crippen LogP contribution in [0, 0.1) is 0 Å². The third-order valence-electron chi connectivity index (χ3n) is 2.76. The molecule has 0 atom stereocenters. The standard InChI is InChI=1S/C12H19ClN4O4/c1-18-6-7-20-8-9-21-12-15-10(13)14-11(16-12)17-2-4-19-5-3-17/h2-9H2,1H3. The first kappa shape index (κ1) is 16.2. The van der Waals surface area contributed by atoms with Crippen LogP contribution in [0.3, 0.4) is 0 Å².